The average molecular weight is 273 g/mol. The minimum Gasteiger partial charge on any atom is -1.00 e. The molecule has 0 aliphatic carbocycles. The Bertz CT molecular complexity index is 394. The Labute approximate surface area is 137 Å². The summed E-state index contributed by atoms with van der Waals surface area (Å²) in [5, 5.41) is 10.4. The van der Waals surface area contributed by atoms with E-state index in [1.54, 1.807) is 0 Å². The van der Waals surface area contributed by atoms with E-state index in [1.165, 1.54) is 5.56 Å². The predicted octanol–water partition coefficient (Wildman–Crippen LogP) is -1.31. The first-order valence-corrected chi connectivity index (χ1v) is 6.57. The van der Waals surface area contributed by atoms with Crippen LogP contribution in [0.3, 0.4) is 0 Å². The summed E-state index contributed by atoms with van der Waals surface area (Å²) in [6, 6.07) is 4.21. The van der Waals surface area contributed by atoms with Crippen molar-refractivity contribution in [3.63, 3.8) is 0 Å². The monoisotopic (exact) mass is 273 g/mol. The number of phenols is 1. The van der Waals surface area contributed by atoms with Gasteiger partial charge in [0.15, 0.2) is 0 Å². The van der Waals surface area contributed by atoms with Gasteiger partial charge in [0.2, 0.25) is 0 Å². The zero-order valence-corrected chi connectivity index (χ0v) is 14.1. The molecular weight excluding hydrogens is 245 g/mol. The Morgan fingerprint density at radius 1 is 0.800 bits per heavy atom. The van der Waals surface area contributed by atoms with Crippen molar-refractivity contribution in [1.82, 2.24) is 14.7 Å². The average Bonchev–Trinajstić information content (AvgIpc) is 2.22. The molecule has 20 heavy (non-hydrogen) atoms. The molecule has 1 aromatic carbocycles. The Morgan fingerprint density at radius 2 is 1.15 bits per heavy atom. The van der Waals surface area contributed by atoms with E-state index in [9.17, 15) is 5.11 Å². The van der Waals surface area contributed by atoms with Gasteiger partial charge in [-0.05, 0) is 60.0 Å². The van der Waals surface area contributed by atoms with E-state index >= 15 is 0 Å². The Hall–Kier alpha value is -0.503. The van der Waals surface area contributed by atoms with Crippen LogP contribution in [-0.4, -0.2) is 62.1 Å². The van der Waals surface area contributed by atoms with E-state index in [1.807, 2.05) is 28.2 Å². The molecule has 1 rings (SSSR count). The van der Waals surface area contributed by atoms with Gasteiger partial charge in [-0.25, -0.2) is 0 Å². The number of hydrogen-bond donors (Lipinski definition) is 1. The Morgan fingerprint density at radius 3 is 1.45 bits per heavy atom. The second kappa shape index (κ2) is 8.71. The third-order valence-corrected chi connectivity index (χ3v) is 2.80. The maximum atomic E-state index is 10.4. The van der Waals surface area contributed by atoms with Crippen molar-refractivity contribution in [3.8, 4) is 5.75 Å². The molecule has 0 atom stereocenters. The molecular formula is C15H28LiN3O. The fourth-order valence-electron chi connectivity index (χ4n) is 2.21. The molecule has 0 spiro atoms. The molecule has 1 N–H and O–H groups in total. The van der Waals surface area contributed by atoms with Crippen molar-refractivity contribution in [2.75, 3.05) is 42.3 Å². The van der Waals surface area contributed by atoms with Crippen LogP contribution in [0.4, 0.5) is 0 Å². The number of benzene rings is 1. The zero-order valence-electron chi connectivity index (χ0n) is 15.1. The van der Waals surface area contributed by atoms with Crippen LogP contribution in [0.5, 0.6) is 5.75 Å². The van der Waals surface area contributed by atoms with E-state index in [-0.39, 0.29) is 20.3 Å². The van der Waals surface area contributed by atoms with Crippen LogP contribution in [0.2, 0.25) is 0 Å². The van der Waals surface area contributed by atoms with Crippen molar-refractivity contribution in [1.29, 1.82) is 0 Å². The van der Waals surface area contributed by atoms with Crippen LogP contribution in [0.25, 0.3) is 0 Å². The van der Waals surface area contributed by atoms with Crippen LogP contribution in [-0.2, 0) is 19.6 Å². The summed E-state index contributed by atoms with van der Waals surface area (Å²) in [5.74, 6) is 0.435. The third-order valence-electron chi connectivity index (χ3n) is 2.80. The predicted molar refractivity (Wildman–Crippen MR) is 81.4 cm³/mol. The molecule has 0 saturated carbocycles. The fraction of sp³-hybridized carbons (Fsp3) is 0.600. The molecule has 0 aliphatic heterocycles. The van der Waals surface area contributed by atoms with Crippen molar-refractivity contribution in [3.05, 3.63) is 28.8 Å². The largest absolute Gasteiger partial charge is 1.00 e. The van der Waals surface area contributed by atoms with E-state index < -0.39 is 0 Å². The maximum Gasteiger partial charge on any atom is 1.00 e. The summed E-state index contributed by atoms with van der Waals surface area (Å²) < 4.78 is 0. The normalized spacial score (nSPS) is 11.2. The summed E-state index contributed by atoms with van der Waals surface area (Å²) >= 11 is 0. The van der Waals surface area contributed by atoms with Gasteiger partial charge in [0, 0.05) is 30.8 Å². The van der Waals surface area contributed by atoms with Crippen molar-refractivity contribution in [2.45, 2.75) is 19.6 Å². The van der Waals surface area contributed by atoms with Crippen LogP contribution in [0.1, 0.15) is 18.1 Å². The number of rotatable bonds is 6. The van der Waals surface area contributed by atoms with Crippen LogP contribution < -0.4 is 18.9 Å². The molecule has 0 fully saturated rings. The fourth-order valence-corrected chi connectivity index (χ4v) is 2.21. The maximum absolute atomic E-state index is 10.4. The molecule has 5 heteroatoms. The van der Waals surface area contributed by atoms with Crippen LogP contribution in [0, 0.1) is 0 Å². The molecule has 0 aliphatic rings. The van der Waals surface area contributed by atoms with Gasteiger partial charge in [-0.2, -0.15) is 0 Å². The summed E-state index contributed by atoms with van der Waals surface area (Å²) in [4.78, 5) is 6.30. The van der Waals surface area contributed by atoms with Gasteiger partial charge in [-0.3, -0.25) is 0 Å². The number of hydrogen-bond acceptors (Lipinski definition) is 4. The first-order chi connectivity index (χ1) is 8.79. The molecule has 0 unspecified atom stereocenters. The van der Waals surface area contributed by atoms with Gasteiger partial charge >= 0.3 is 18.9 Å². The van der Waals surface area contributed by atoms with Crippen molar-refractivity contribution in [2.24, 2.45) is 0 Å². The van der Waals surface area contributed by atoms with E-state index in [0.29, 0.717) is 5.75 Å². The second-order valence-electron chi connectivity index (χ2n) is 5.98. The SMILES string of the molecule is CN(C)Cc1cc(CN(C)C)c(O)c(CN(C)C)c1.[H-].[Li+]. The molecule has 0 bridgehead atoms. The third kappa shape index (κ3) is 6.30. The smallest absolute Gasteiger partial charge is 1.00 e. The molecule has 4 nitrogen and oxygen atoms in total. The van der Waals surface area contributed by atoms with Crippen molar-refractivity contribution < 1.29 is 25.4 Å². The van der Waals surface area contributed by atoms with E-state index in [4.69, 9.17) is 0 Å². The van der Waals surface area contributed by atoms with Crippen LogP contribution in [0.15, 0.2) is 12.1 Å². The number of aromatic hydroxyl groups is 1. The standard InChI is InChI=1S/C15H27N3O.Li.H/c1-16(2)9-12-7-13(10-17(3)4)15(19)14(8-12)11-18(5)6;;/h7-8,19H,9-11H2,1-6H3;;/q;+1;-1. The summed E-state index contributed by atoms with van der Waals surface area (Å²) in [5.41, 5.74) is 3.25. The molecule has 0 aromatic heterocycles. The first-order valence-electron chi connectivity index (χ1n) is 6.57. The summed E-state index contributed by atoms with van der Waals surface area (Å²) in [6.45, 7) is 2.40. The van der Waals surface area contributed by atoms with Gasteiger partial charge in [-0.15, -0.1) is 0 Å². The molecule has 110 valence electrons. The number of phenolic OH excluding ortho intramolecular Hbond substituents is 1. The molecule has 0 radical (unpaired) electrons. The first kappa shape index (κ1) is 19.5. The van der Waals surface area contributed by atoms with Crippen molar-refractivity contribution >= 4 is 0 Å². The zero-order chi connectivity index (χ0) is 14.6. The Balaban J connectivity index is 0. The number of nitrogens with zero attached hydrogens (tertiary/aromatic N) is 3. The summed E-state index contributed by atoms with van der Waals surface area (Å²) in [6.07, 6.45) is 0. The van der Waals surface area contributed by atoms with Gasteiger partial charge in [-0.1, -0.05) is 0 Å². The molecule has 0 saturated heterocycles. The quantitative estimate of drug-likeness (QED) is 0.652. The minimum atomic E-state index is 0. The Kier molecular flexibility index (Phi) is 8.49. The molecule has 1 aromatic rings. The topological polar surface area (TPSA) is 30.0 Å². The molecule has 0 amide bonds. The van der Waals surface area contributed by atoms with Gasteiger partial charge in [0.1, 0.15) is 5.75 Å². The van der Waals surface area contributed by atoms with Gasteiger partial charge in [0.25, 0.3) is 0 Å². The summed E-state index contributed by atoms with van der Waals surface area (Å²) in [7, 11) is 12.2. The minimum absolute atomic E-state index is 0. The van der Waals surface area contributed by atoms with Crippen LogP contribution >= 0.6 is 0 Å². The van der Waals surface area contributed by atoms with Gasteiger partial charge in [0.05, 0.1) is 0 Å². The van der Waals surface area contributed by atoms with E-state index in [2.05, 4.69) is 40.9 Å². The van der Waals surface area contributed by atoms with Gasteiger partial charge < -0.3 is 21.2 Å². The van der Waals surface area contributed by atoms with E-state index in [0.717, 1.165) is 30.8 Å². The molecule has 0 heterocycles. The second-order valence-corrected chi connectivity index (χ2v) is 5.98.